The summed E-state index contributed by atoms with van der Waals surface area (Å²) >= 11 is 0. The fourth-order valence-corrected chi connectivity index (χ4v) is 3.14. The van der Waals surface area contributed by atoms with Crippen LogP contribution in [0.5, 0.6) is 0 Å². The first-order valence-electron chi connectivity index (χ1n) is 7.31. The van der Waals surface area contributed by atoms with Gasteiger partial charge in [0.1, 0.15) is 0 Å². The van der Waals surface area contributed by atoms with Gasteiger partial charge in [0, 0.05) is 12.5 Å². The SMILES string of the molecule is CC(CN1CCCC1)N=C(N)C1CCCCC1. The number of nitrogens with zero attached hydrogens (tertiary/aromatic N) is 2. The Hall–Kier alpha value is -0.570. The van der Waals surface area contributed by atoms with E-state index >= 15 is 0 Å². The molecule has 2 N–H and O–H groups in total. The molecule has 0 aromatic carbocycles. The first kappa shape index (κ1) is 12.9. The van der Waals surface area contributed by atoms with Crippen LogP contribution < -0.4 is 5.73 Å². The van der Waals surface area contributed by atoms with E-state index in [9.17, 15) is 0 Å². The molecule has 1 aliphatic heterocycles. The predicted octanol–water partition coefficient (Wildman–Crippen LogP) is 2.41. The summed E-state index contributed by atoms with van der Waals surface area (Å²) in [5, 5.41) is 0. The minimum absolute atomic E-state index is 0.370. The molecule has 2 fully saturated rings. The Morgan fingerprint density at radius 2 is 1.82 bits per heavy atom. The van der Waals surface area contributed by atoms with Gasteiger partial charge in [-0.05, 0) is 45.7 Å². The lowest BCUT2D eigenvalue weighted by molar-refractivity contribution is 0.320. The quantitative estimate of drug-likeness (QED) is 0.602. The predicted molar refractivity (Wildman–Crippen MR) is 73.3 cm³/mol. The fourth-order valence-electron chi connectivity index (χ4n) is 3.14. The van der Waals surface area contributed by atoms with Crippen molar-refractivity contribution < 1.29 is 0 Å². The first-order chi connectivity index (χ1) is 8.25. The van der Waals surface area contributed by atoms with Gasteiger partial charge in [0.05, 0.1) is 11.9 Å². The van der Waals surface area contributed by atoms with E-state index in [0.29, 0.717) is 12.0 Å². The third-order valence-corrected chi connectivity index (χ3v) is 4.11. The molecule has 0 amide bonds. The molecule has 0 spiro atoms. The highest BCUT2D eigenvalue weighted by molar-refractivity contribution is 5.83. The summed E-state index contributed by atoms with van der Waals surface area (Å²) in [4.78, 5) is 7.23. The van der Waals surface area contributed by atoms with E-state index in [1.807, 2.05) is 0 Å². The Balaban J connectivity index is 1.79. The lowest BCUT2D eigenvalue weighted by atomic mass is 9.88. The van der Waals surface area contributed by atoms with Gasteiger partial charge in [-0.15, -0.1) is 0 Å². The fraction of sp³-hybridized carbons (Fsp3) is 0.929. The summed E-state index contributed by atoms with van der Waals surface area (Å²) in [6, 6.07) is 0.370. The van der Waals surface area contributed by atoms with Gasteiger partial charge in [-0.2, -0.15) is 0 Å². The third kappa shape index (κ3) is 3.98. The van der Waals surface area contributed by atoms with Gasteiger partial charge in [0.25, 0.3) is 0 Å². The van der Waals surface area contributed by atoms with Crippen molar-refractivity contribution in [3.63, 3.8) is 0 Å². The second-order valence-corrected chi connectivity index (χ2v) is 5.75. The molecule has 1 saturated heterocycles. The van der Waals surface area contributed by atoms with Crippen molar-refractivity contribution in [3.8, 4) is 0 Å². The average Bonchev–Trinajstić information content (AvgIpc) is 2.82. The van der Waals surface area contributed by atoms with Crippen LogP contribution in [0.2, 0.25) is 0 Å². The first-order valence-corrected chi connectivity index (χ1v) is 7.31. The molecule has 2 rings (SSSR count). The van der Waals surface area contributed by atoms with E-state index in [4.69, 9.17) is 10.7 Å². The number of hydrogen-bond donors (Lipinski definition) is 1. The molecule has 17 heavy (non-hydrogen) atoms. The second kappa shape index (κ2) is 6.39. The average molecular weight is 237 g/mol. The molecular formula is C14H27N3. The van der Waals surface area contributed by atoms with Crippen molar-refractivity contribution >= 4 is 5.84 Å². The molecule has 3 nitrogen and oxygen atoms in total. The van der Waals surface area contributed by atoms with Crippen LogP contribution in [0.25, 0.3) is 0 Å². The minimum Gasteiger partial charge on any atom is -0.387 e. The van der Waals surface area contributed by atoms with Crippen LogP contribution in [0.4, 0.5) is 0 Å². The smallest absolute Gasteiger partial charge is 0.0972 e. The molecular weight excluding hydrogens is 210 g/mol. The monoisotopic (exact) mass is 237 g/mol. The van der Waals surface area contributed by atoms with Crippen LogP contribution in [-0.4, -0.2) is 36.4 Å². The highest BCUT2D eigenvalue weighted by atomic mass is 15.2. The molecule has 0 bridgehead atoms. The zero-order chi connectivity index (χ0) is 12.1. The number of likely N-dealkylation sites (tertiary alicyclic amines) is 1. The summed E-state index contributed by atoms with van der Waals surface area (Å²) in [5.41, 5.74) is 6.16. The van der Waals surface area contributed by atoms with Gasteiger partial charge in [0.15, 0.2) is 0 Å². The molecule has 1 aliphatic carbocycles. The third-order valence-electron chi connectivity index (χ3n) is 4.11. The van der Waals surface area contributed by atoms with E-state index in [1.165, 1.54) is 58.0 Å². The Kier molecular flexibility index (Phi) is 4.84. The Morgan fingerprint density at radius 3 is 2.47 bits per heavy atom. The lowest BCUT2D eigenvalue weighted by Crippen LogP contribution is -2.32. The van der Waals surface area contributed by atoms with Gasteiger partial charge < -0.3 is 10.6 Å². The second-order valence-electron chi connectivity index (χ2n) is 5.75. The topological polar surface area (TPSA) is 41.6 Å². The van der Waals surface area contributed by atoms with E-state index < -0.39 is 0 Å². The van der Waals surface area contributed by atoms with E-state index in [0.717, 1.165) is 12.4 Å². The molecule has 1 saturated carbocycles. The summed E-state index contributed by atoms with van der Waals surface area (Å²) in [7, 11) is 0. The molecule has 0 aromatic rings. The van der Waals surface area contributed by atoms with Crippen LogP contribution in [0.3, 0.4) is 0 Å². The van der Waals surface area contributed by atoms with E-state index in [2.05, 4.69) is 11.8 Å². The zero-order valence-electron chi connectivity index (χ0n) is 11.2. The van der Waals surface area contributed by atoms with Crippen LogP contribution in [0.15, 0.2) is 4.99 Å². The lowest BCUT2D eigenvalue weighted by Gasteiger charge is -2.23. The molecule has 2 aliphatic rings. The van der Waals surface area contributed by atoms with Gasteiger partial charge in [-0.1, -0.05) is 19.3 Å². The number of hydrogen-bond acceptors (Lipinski definition) is 2. The van der Waals surface area contributed by atoms with Gasteiger partial charge >= 0.3 is 0 Å². The maximum absolute atomic E-state index is 6.16. The van der Waals surface area contributed by atoms with Crippen molar-refractivity contribution in [2.45, 2.75) is 57.9 Å². The van der Waals surface area contributed by atoms with Gasteiger partial charge in [-0.3, -0.25) is 4.99 Å². The van der Waals surface area contributed by atoms with Crippen molar-refractivity contribution in [1.82, 2.24) is 4.90 Å². The van der Waals surface area contributed by atoms with Crippen molar-refractivity contribution in [2.75, 3.05) is 19.6 Å². The maximum Gasteiger partial charge on any atom is 0.0972 e. The number of nitrogens with two attached hydrogens (primary N) is 1. The molecule has 1 atom stereocenters. The van der Waals surface area contributed by atoms with Crippen LogP contribution >= 0.6 is 0 Å². The number of rotatable bonds is 4. The molecule has 1 unspecified atom stereocenters. The summed E-state index contributed by atoms with van der Waals surface area (Å²) in [6.45, 7) is 5.80. The molecule has 0 radical (unpaired) electrons. The highest BCUT2D eigenvalue weighted by Crippen LogP contribution is 2.23. The standard InChI is InChI=1S/C14H27N3/c1-12(11-17-9-5-6-10-17)16-14(15)13-7-3-2-4-8-13/h12-13H,2-11H2,1H3,(H2,15,16). The van der Waals surface area contributed by atoms with E-state index in [1.54, 1.807) is 0 Å². The highest BCUT2D eigenvalue weighted by Gasteiger charge is 2.19. The minimum atomic E-state index is 0.370. The number of aliphatic imine (C=N–C) groups is 1. The van der Waals surface area contributed by atoms with E-state index in [-0.39, 0.29) is 0 Å². The largest absolute Gasteiger partial charge is 0.387 e. The van der Waals surface area contributed by atoms with Crippen LogP contribution in [0.1, 0.15) is 51.9 Å². The Morgan fingerprint density at radius 1 is 1.18 bits per heavy atom. The van der Waals surface area contributed by atoms with Crippen molar-refractivity contribution in [1.29, 1.82) is 0 Å². The number of amidine groups is 1. The maximum atomic E-state index is 6.16. The van der Waals surface area contributed by atoms with Gasteiger partial charge in [-0.25, -0.2) is 0 Å². The van der Waals surface area contributed by atoms with Crippen molar-refractivity contribution in [2.24, 2.45) is 16.6 Å². The van der Waals surface area contributed by atoms with Gasteiger partial charge in [0.2, 0.25) is 0 Å². The summed E-state index contributed by atoms with van der Waals surface area (Å²) in [5.74, 6) is 1.50. The molecule has 0 aromatic heterocycles. The molecule has 1 heterocycles. The molecule has 98 valence electrons. The van der Waals surface area contributed by atoms with Crippen LogP contribution in [0, 0.1) is 5.92 Å². The summed E-state index contributed by atoms with van der Waals surface area (Å²) in [6.07, 6.45) is 9.27. The zero-order valence-corrected chi connectivity index (χ0v) is 11.2. The van der Waals surface area contributed by atoms with Crippen molar-refractivity contribution in [3.05, 3.63) is 0 Å². The Bertz CT molecular complexity index is 250. The van der Waals surface area contributed by atoms with Crippen LogP contribution in [-0.2, 0) is 0 Å². The Labute approximate surface area is 105 Å². The normalized spacial score (nSPS) is 26.3. The molecule has 3 heteroatoms. The summed E-state index contributed by atoms with van der Waals surface area (Å²) < 4.78 is 0.